The number of aliphatic imine (C=N–C) groups is 1. The number of carbonyl (C=O) groups excluding carboxylic acids is 2. The number of halogens is 3. The van der Waals surface area contributed by atoms with Gasteiger partial charge in [-0.2, -0.15) is 0 Å². The first kappa shape index (κ1) is 29.1. The Labute approximate surface area is 265 Å². The van der Waals surface area contributed by atoms with Gasteiger partial charge in [-0.15, -0.1) is 22.7 Å². The van der Waals surface area contributed by atoms with Crippen LogP contribution in [0.15, 0.2) is 65.3 Å². The molecule has 3 heterocycles. The van der Waals surface area contributed by atoms with Crippen molar-refractivity contribution in [1.82, 2.24) is 0 Å². The number of nitro benzene ring substituents is 1. The number of esters is 2. The van der Waals surface area contributed by atoms with E-state index in [1.54, 1.807) is 37.3 Å². The molecule has 43 heavy (non-hydrogen) atoms. The Morgan fingerprint density at radius 2 is 1.74 bits per heavy atom. The third kappa shape index (κ3) is 5.57. The molecule has 0 amide bonds. The lowest BCUT2D eigenvalue weighted by Crippen LogP contribution is -2.08. The quantitative estimate of drug-likeness (QED) is 0.0556. The van der Waals surface area contributed by atoms with E-state index in [1.165, 1.54) is 41.7 Å². The molecule has 0 saturated carbocycles. The number of fused-ring (bicyclic) bond motifs is 2. The number of non-ortho nitro benzene ring substituents is 1. The molecular formula is C29H15Cl3N2O7S2. The minimum absolute atomic E-state index is 0.00239. The van der Waals surface area contributed by atoms with E-state index in [0.29, 0.717) is 30.9 Å². The highest BCUT2D eigenvalue weighted by molar-refractivity contribution is 7.22. The minimum atomic E-state index is -0.706. The molecule has 0 spiro atoms. The predicted molar refractivity (Wildman–Crippen MR) is 169 cm³/mol. The van der Waals surface area contributed by atoms with Gasteiger partial charge in [-0.1, -0.05) is 46.9 Å². The fraction of sp³-hybridized carbons (Fsp3) is 0.0690. The van der Waals surface area contributed by atoms with Crippen molar-refractivity contribution in [3.8, 4) is 11.5 Å². The molecule has 216 valence electrons. The molecule has 6 rings (SSSR count). The van der Waals surface area contributed by atoms with Gasteiger partial charge in [0.2, 0.25) is 5.90 Å². The molecule has 0 bridgehead atoms. The average Bonchev–Trinajstić information content (AvgIpc) is 3.62. The van der Waals surface area contributed by atoms with Gasteiger partial charge in [0.05, 0.1) is 21.6 Å². The van der Waals surface area contributed by atoms with Gasteiger partial charge in [-0.25, -0.2) is 14.6 Å². The van der Waals surface area contributed by atoms with Gasteiger partial charge in [0.15, 0.2) is 17.2 Å². The van der Waals surface area contributed by atoms with E-state index in [2.05, 4.69) is 4.99 Å². The molecule has 0 saturated heterocycles. The van der Waals surface area contributed by atoms with E-state index in [1.807, 2.05) is 0 Å². The van der Waals surface area contributed by atoms with Crippen LogP contribution in [0.4, 0.5) is 5.69 Å². The molecular weight excluding hydrogens is 659 g/mol. The monoisotopic (exact) mass is 672 g/mol. The Kier molecular flexibility index (Phi) is 7.84. The van der Waals surface area contributed by atoms with Crippen molar-refractivity contribution < 1.29 is 28.7 Å². The van der Waals surface area contributed by atoms with E-state index in [-0.39, 0.29) is 50.3 Å². The Morgan fingerprint density at radius 1 is 1.00 bits per heavy atom. The first-order valence-electron chi connectivity index (χ1n) is 12.4. The van der Waals surface area contributed by atoms with E-state index in [4.69, 9.17) is 49.0 Å². The van der Waals surface area contributed by atoms with Crippen molar-refractivity contribution >= 4 is 107 Å². The maximum atomic E-state index is 13.0. The summed E-state index contributed by atoms with van der Waals surface area (Å²) in [5.74, 6) is -0.960. The van der Waals surface area contributed by atoms with Gasteiger partial charge >= 0.3 is 11.9 Å². The van der Waals surface area contributed by atoms with Gasteiger partial charge in [0, 0.05) is 37.3 Å². The lowest BCUT2D eigenvalue weighted by molar-refractivity contribution is -0.384. The molecule has 1 aliphatic heterocycles. The SMILES string of the molecule is CCOc1cc(/C=C2/N=C(c3sc4cc([N+](=O)[O-])ccc4c3Cl)OC2=O)ccc1OC(=O)c1sc2cc(Cl)ccc2c1Cl. The lowest BCUT2D eigenvalue weighted by atomic mass is 10.1. The third-order valence-corrected chi connectivity index (χ3v) is 9.71. The Hall–Kier alpha value is -4.00. The van der Waals surface area contributed by atoms with Gasteiger partial charge in [0.1, 0.15) is 9.75 Å². The van der Waals surface area contributed by atoms with Crippen LogP contribution in [-0.4, -0.2) is 29.4 Å². The molecule has 1 aliphatic rings. The Balaban J connectivity index is 1.28. The van der Waals surface area contributed by atoms with Crippen molar-refractivity contribution in [3.63, 3.8) is 0 Å². The second-order valence-corrected chi connectivity index (χ2v) is 12.2. The van der Waals surface area contributed by atoms with E-state index < -0.39 is 16.9 Å². The molecule has 9 nitrogen and oxygen atoms in total. The summed E-state index contributed by atoms with van der Waals surface area (Å²) < 4.78 is 18.0. The van der Waals surface area contributed by atoms with Crippen LogP contribution >= 0.6 is 57.5 Å². The number of rotatable bonds is 7. The van der Waals surface area contributed by atoms with Crippen molar-refractivity contribution in [2.24, 2.45) is 4.99 Å². The molecule has 3 aromatic carbocycles. The minimum Gasteiger partial charge on any atom is -0.490 e. The molecule has 0 aliphatic carbocycles. The number of carbonyl (C=O) groups is 2. The van der Waals surface area contributed by atoms with Gasteiger partial charge < -0.3 is 14.2 Å². The van der Waals surface area contributed by atoms with Crippen molar-refractivity contribution in [2.75, 3.05) is 6.61 Å². The Bertz CT molecular complexity index is 2070. The number of thiophene rings is 2. The predicted octanol–water partition coefficient (Wildman–Crippen LogP) is 8.95. The fourth-order valence-corrected chi connectivity index (χ4v) is 7.38. The highest BCUT2D eigenvalue weighted by atomic mass is 35.5. The summed E-state index contributed by atoms with van der Waals surface area (Å²) in [6.07, 6.45) is 1.49. The molecule has 0 fully saturated rings. The van der Waals surface area contributed by atoms with Crippen LogP contribution in [0, 0.1) is 10.1 Å². The molecule has 0 atom stereocenters. The number of nitrogens with zero attached hydrogens (tertiary/aromatic N) is 2. The van der Waals surface area contributed by atoms with Crippen LogP contribution in [-0.2, 0) is 9.53 Å². The van der Waals surface area contributed by atoms with Crippen molar-refractivity contribution in [2.45, 2.75) is 6.92 Å². The van der Waals surface area contributed by atoms with Gasteiger partial charge in [-0.05, 0) is 48.9 Å². The molecule has 0 unspecified atom stereocenters. The zero-order valence-electron chi connectivity index (χ0n) is 21.7. The first-order valence-corrected chi connectivity index (χ1v) is 15.2. The highest BCUT2D eigenvalue weighted by Crippen LogP contribution is 2.40. The van der Waals surface area contributed by atoms with Crippen molar-refractivity contribution in [3.05, 3.63) is 101 Å². The van der Waals surface area contributed by atoms with Crippen molar-refractivity contribution in [1.29, 1.82) is 0 Å². The summed E-state index contributed by atoms with van der Waals surface area (Å²) in [6.45, 7) is 2.05. The largest absolute Gasteiger partial charge is 0.490 e. The molecule has 5 aromatic rings. The number of hydrogen-bond acceptors (Lipinski definition) is 10. The fourth-order valence-electron chi connectivity index (χ4n) is 4.25. The molecule has 2 aromatic heterocycles. The van der Waals surface area contributed by atoms with Crippen LogP contribution < -0.4 is 9.47 Å². The first-order chi connectivity index (χ1) is 20.6. The van der Waals surface area contributed by atoms with Crippen LogP contribution in [0.1, 0.15) is 27.0 Å². The van der Waals surface area contributed by atoms with Crippen LogP contribution in [0.25, 0.3) is 26.2 Å². The standard InChI is InChI=1S/C29H15Cl3N2O7S2/c1-2-39-20-10-13(3-8-19(20)40-29(36)26-24(32)16-6-4-14(30)11-21(16)43-26)9-18-28(35)41-27(33-18)25-23(31)17-7-5-15(34(37)38)12-22(17)42-25/h3-12H,2H2,1H3/b18-9+. The summed E-state index contributed by atoms with van der Waals surface area (Å²) in [7, 11) is 0. The zero-order chi connectivity index (χ0) is 30.4. The summed E-state index contributed by atoms with van der Waals surface area (Å²) in [4.78, 5) is 41.3. The Morgan fingerprint density at radius 3 is 2.51 bits per heavy atom. The normalized spacial score (nSPS) is 13.9. The second kappa shape index (κ2) is 11.6. The molecule has 14 heteroatoms. The number of hydrogen-bond donors (Lipinski definition) is 0. The van der Waals surface area contributed by atoms with E-state index in [0.717, 1.165) is 16.0 Å². The lowest BCUT2D eigenvalue weighted by Gasteiger charge is -2.11. The molecule has 0 radical (unpaired) electrons. The smallest absolute Gasteiger partial charge is 0.363 e. The molecule has 0 N–H and O–H groups in total. The van der Waals surface area contributed by atoms with Gasteiger partial charge in [0.25, 0.3) is 5.69 Å². The van der Waals surface area contributed by atoms with Crippen LogP contribution in [0.2, 0.25) is 15.1 Å². The second-order valence-electron chi connectivity index (χ2n) is 8.93. The number of nitro groups is 1. The number of ether oxygens (including phenoxy) is 3. The highest BCUT2D eigenvalue weighted by Gasteiger charge is 2.29. The summed E-state index contributed by atoms with van der Waals surface area (Å²) >= 11 is 21.3. The third-order valence-electron chi connectivity index (χ3n) is 6.19. The number of cyclic esters (lactones) is 1. The van der Waals surface area contributed by atoms with Crippen LogP contribution in [0.5, 0.6) is 11.5 Å². The zero-order valence-corrected chi connectivity index (χ0v) is 25.6. The summed E-state index contributed by atoms with van der Waals surface area (Å²) in [5.41, 5.74) is 0.434. The maximum absolute atomic E-state index is 13.0. The number of benzene rings is 3. The summed E-state index contributed by atoms with van der Waals surface area (Å²) in [6, 6.07) is 14.2. The van der Waals surface area contributed by atoms with E-state index >= 15 is 0 Å². The van der Waals surface area contributed by atoms with Gasteiger partial charge in [-0.3, -0.25) is 10.1 Å². The van der Waals surface area contributed by atoms with E-state index in [9.17, 15) is 19.7 Å². The maximum Gasteiger partial charge on any atom is 0.363 e. The average molecular weight is 674 g/mol. The van der Waals surface area contributed by atoms with Crippen LogP contribution in [0.3, 0.4) is 0 Å². The summed E-state index contributed by atoms with van der Waals surface area (Å²) in [5, 5.41) is 13.5. The topological polar surface area (TPSA) is 117 Å².